The number of rotatable bonds is 4. The normalized spacial score (nSPS) is 24.8. The summed E-state index contributed by atoms with van der Waals surface area (Å²) in [6.45, 7) is 8.72. The lowest BCUT2D eigenvalue weighted by molar-refractivity contribution is 0.306. The van der Waals surface area contributed by atoms with E-state index in [1.54, 1.807) is 0 Å². The van der Waals surface area contributed by atoms with E-state index >= 15 is 0 Å². The maximum absolute atomic E-state index is 6.40. The van der Waals surface area contributed by atoms with Gasteiger partial charge in [-0.25, -0.2) is 0 Å². The van der Waals surface area contributed by atoms with Gasteiger partial charge in [-0.05, 0) is 24.5 Å². The van der Waals surface area contributed by atoms with Crippen molar-refractivity contribution in [3.63, 3.8) is 0 Å². The summed E-state index contributed by atoms with van der Waals surface area (Å²) in [6.07, 6.45) is 2.26. The van der Waals surface area contributed by atoms with Gasteiger partial charge in [-0.2, -0.15) is 0 Å². The molecule has 2 nitrogen and oxygen atoms in total. The van der Waals surface area contributed by atoms with Gasteiger partial charge in [0.05, 0.1) is 15.7 Å². The van der Waals surface area contributed by atoms with Crippen molar-refractivity contribution in [2.75, 3.05) is 18.0 Å². The van der Waals surface area contributed by atoms with Crippen LogP contribution in [0.2, 0.25) is 10.0 Å². The van der Waals surface area contributed by atoms with Crippen LogP contribution < -0.4 is 10.2 Å². The second-order valence-electron chi connectivity index (χ2n) is 5.68. The van der Waals surface area contributed by atoms with Gasteiger partial charge in [0.25, 0.3) is 0 Å². The third-order valence-electron chi connectivity index (χ3n) is 4.48. The summed E-state index contributed by atoms with van der Waals surface area (Å²) in [6, 6.07) is 6.71. The minimum atomic E-state index is 0.452. The van der Waals surface area contributed by atoms with Crippen LogP contribution in [0.25, 0.3) is 0 Å². The molecular weight excluding hydrogens is 291 g/mol. The molecule has 0 amide bonds. The largest absolute Gasteiger partial charge is 0.363 e. The molecule has 0 aliphatic carbocycles. The minimum absolute atomic E-state index is 0.452. The number of para-hydroxylation sites is 1. The van der Waals surface area contributed by atoms with Crippen molar-refractivity contribution in [2.45, 2.75) is 45.7 Å². The highest BCUT2D eigenvalue weighted by Crippen LogP contribution is 2.36. The highest BCUT2D eigenvalue weighted by atomic mass is 35.5. The number of hydrogen-bond acceptors (Lipinski definition) is 2. The van der Waals surface area contributed by atoms with Crippen molar-refractivity contribution in [3.05, 3.63) is 28.2 Å². The Bertz CT molecular complexity index is 430. The standard InChI is InChI=1S/C16H24Cl2N2/c1-4-11(3)15-10-20(12(5-2)9-19-15)16-13(17)7-6-8-14(16)18/h6-8,11-12,15,19H,4-5,9-10H2,1-3H3. The molecule has 2 rings (SSSR count). The van der Waals surface area contributed by atoms with E-state index in [0.29, 0.717) is 18.0 Å². The molecule has 4 heteroatoms. The summed E-state index contributed by atoms with van der Waals surface area (Å²) >= 11 is 12.8. The summed E-state index contributed by atoms with van der Waals surface area (Å²) < 4.78 is 0. The van der Waals surface area contributed by atoms with E-state index < -0.39 is 0 Å². The first-order valence-electron chi connectivity index (χ1n) is 7.52. The molecule has 0 saturated carbocycles. The van der Waals surface area contributed by atoms with E-state index in [4.69, 9.17) is 23.2 Å². The molecule has 1 aromatic carbocycles. The smallest absolute Gasteiger partial charge is 0.0748 e. The van der Waals surface area contributed by atoms with E-state index in [2.05, 4.69) is 31.0 Å². The fourth-order valence-corrected chi connectivity index (χ4v) is 3.51. The zero-order valence-electron chi connectivity index (χ0n) is 12.5. The van der Waals surface area contributed by atoms with Crippen molar-refractivity contribution in [2.24, 2.45) is 5.92 Å². The topological polar surface area (TPSA) is 15.3 Å². The average molecular weight is 315 g/mol. The van der Waals surface area contributed by atoms with Gasteiger partial charge in [0.1, 0.15) is 0 Å². The number of hydrogen-bond donors (Lipinski definition) is 1. The molecule has 0 bridgehead atoms. The van der Waals surface area contributed by atoms with Gasteiger partial charge in [0.15, 0.2) is 0 Å². The highest BCUT2D eigenvalue weighted by Gasteiger charge is 2.31. The zero-order chi connectivity index (χ0) is 14.7. The van der Waals surface area contributed by atoms with E-state index in [0.717, 1.165) is 35.2 Å². The maximum Gasteiger partial charge on any atom is 0.0748 e. The van der Waals surface area contributed by atoms with Gasteiger partial charge in [-0.15, -0.1) is 0 Å². The lowest BCUT2D eigenvalue weighted by atomic mass is 9.94. The molecule has 1 saturated heterocycles. The molecule has 0 spiro atoms. The number of nitrogens with one attached hydrogen (secondary N) is 1. The van der Waals surface area contributed by atoms with Crippen LogP contribution in [-0.2, 0) is 0 Å². The minimum Gasteiger partial charge on any atom is -0.363 e. The SMILES string of the molecule is CCC(C)C1CN(c2c(Cl)cccc2Cl)C(CC)CN1. The van der Waals surface area contributed by atoms with Crippen LogP contribution in [0.4, 0.5) is 5.69 Å². The van der Waals surface area contributed by atoms with Crippen molar-refractivity contribution in [3.8, 4) is 0 Å². The Hall–Kier alpha value is -0.440. The average Bonchev–Trinajstić information content (AvgIpc) is 2.46. The molecule has 3 atom stereocenters. The van der Waals surface area contributed by atoms with Crippen LogP contribution in [0.15, 0.2) is 18.2 Å². The summed E-state index contributed by atoms with van der Waals surface area (Å²) in [5.41, 5.74) is 0.998. The van der Waals surface area contributed by atoms with Crippen LogP contribution >= 0.6 is 23.2 Å². The Morgan fingerprint density at radius 1 is 1.30 bits per heavy atom. The molecule has 1 fully saturated rings. The fraction of sp³-hybridized carbons (Fsp3) is 0.625. The predicted molar refractivity (Wildman–Crippen MR) is 89.1 cm³/mol. The Morgan fingerprint density at radius 2 is 1.95 bits per heavy atom. The first-order chi connectivity index (χ1) is 9.58. The Labute approximate surface area is 132 Å². The summed E-state index contributed by atoms with van der Waals surface area (Å²) in [4.78, 5) is 2.40. The molecule has 0 aromatic heterocycles. The van der Waals surface area contributed by atoms with Crippen LogP contribution in [0.1, 0.15) is 33.6 Å². The maximum atomic E-state index is 6.40. The molecule has 3 unspecified atom stereocenters. The van der Waals surface area contributed by atoms with Crippen LogP contribution in [0, 0.1) is 5.92 Å². The Balaban J connectivity index is 2.29. The van der Waals surface area contributed by atoms with E-state index in [1.165, 1.54) is 6.42 Å². The van der Waals surface area contributed by atoms with E-state index in [-0.39, 0.29) is 0 Å². The fourth-order valence-electron chi connectivity index (χ4n) is 2.89. The number of piperazine rings is 1. The molecule has 20 heavy (non-hydrogen) atoms. The first kappa shape index (κ1) is 15.9. The Morgan fingerprint density at radius 3 is 2.50 bits per heavy atom. The van der Waals surface area contributed by atoms with Crippen LogP contribution in [0.5, 0.6) is 0 Å². The van der Waals surface area contributed by atoms with Crippen molar-refractivity contribution < 1.29 is 0 Å². The number of benzene rings is 1. The van der Waals surface area contributed by atoms with Gasteiger partial charge >= 0.3 is 0 Å². The van der Waals surface area contributed by atoms with Crippen LogP contribution in [0.3, 0.4) is 0 Å². The molecule has 0 radical (unpaired) electrons. The molecule has 112 valence electrons. The Kier molecular flexibility index (Phi) is 5.59. The second-order valence-corrected chi connectivity index (χ2v) is 6.50. The third kappa shape index (κ3) is 3.24. The molecule has 1 aliphatic rings. The quantitative estimate of drug-likeness (QED) is 0.874. The second kappa shape index (κ2) is 7.02. The summed E-state index contributed by atoms with van der Waals surface area (Å²) in [5.74, 6) is 0.650. The number of anilines is 1. The van der Waals surface area contributed by atoms with Crippen molar-refractivity contribution in [1.82, 2.24) is 5.32 Å². The molecule has 1 N–H and O–H groups in total. The molecule has 1 heterocycles. The number of nitrogens with zero attached hydrogens (tertiary/aromatic N) is 1. The van der Waals surface area contributed by atoms with Crippen molar-refractivity contribution in [1.29, 1.82) is 0 Å². The van der Waals surface area contributed by atoms with Gasteiger partial charge in [-0.1, -0.05) is 56.5 Å². The monoisotopic (exact) mass is 314 g/mol. The van der Waals surface area contributed by atoms with Gasteiger partial charge in [-0.3, -0.25) is 0 Å². The summed E-state index contributed by atoms with van der Waals surface area (Å²) in [5, 5.41) is 5.18. The summed E-state index contributed by atoms with van der Waals surface area (Å²) in [7, 11) is 0. The van der Waals surface area contributed by atoms with Crippen LogP contribution in [-0.4, -0.2) is 25.2 Å². The molecule has 1 aliphatic heterocycles. The lowest BCUT2D eigenvalue weighted by Gasteiger charge is -2.44. The molecular formula is C16H24Cl2N2. The van der Waals surface area contributed by atoms with Crippen molar-refractivity contribution >= 4 is 28.9 Å². The first-order valence-corrected chi connectivity index (χ1v) is 8.28. The third-order valence-corrected chi connectivity index (χ3v) is 5.09. The van der Waals surface area contributed by atoms with Gasteiger partial charge in [0.2, 0.25) is 0 Å². The lowest BCUT2D eigenvalue weighted by Crippen LogP contribution is -2.58. The van der Waals surface area contributed by atoms with Gasteiger partial charge < -0.3 is 10.2 Å². The van der Waals surface area contributed by atoms with Gasteiger partial charge in [0, 0.05) is 25.2 Å². The zero-order valence-corrected chi connectivity index (χ0v) is 14.0. The predicted octanol–water partition coefficient (Wildman–Crippen LogP) is 4.60. The van der Waals surface area contributed by atoms with E-state index in [1.807, 2.05) is 18.2 Å². The highest BCUT2D eigenvalue weighted by molar-refractivity contribution is 6.39. The molecule has 1 aromatic rings. The van der Waals surface area contributed by atoms with E-state index in [9.17, 15) is 0 Å². The number of halogens is 2.